The van der Waals surface area contributed by atoms with E-state index in [0.29, 0.717) is 45.1 Å². The number of carbonyl (C=O) groups is 1. The summed E-state index contributed by atoms with van der Waals surface area (Å²) in [7, 11) is 3.11. The first kappa shape index (κ1) is 20.9. The van der Waals surface area contributed by atoms with Crippen LogP contribution in [0.3, 0.4) is 0 Å². The number of methoxy groups -OCH3 is 2. The van der Waals surface area contributed by atoms with Crippen molar-refractivity contribution in [2.75, 3.05) is 53.7 Å². The van der Waals surface area contributed by atoms with Gasteiger partial charge in [-0.15, -0.1) is 0 Å². The van der Waals surface area contributed by atoms with Gasteiger partial charge in [0.25, 0.3) is 5.91 Å². The second-order valence-electron chi connectivity index (χ2n) is 4.86. The summed E-state index contributed by atoms with van der Waals surface area (Å²) >= 11 is 0. The van der Waals surface area contributed by atoms with Crippen LogP contribution in [0.2, 0.25) is 0 Å². The van der Waals surface area contributed by atoms with Gasteiger partial charge >= 0.3 is 0 Å². The number of hydrogen-bond acceptors (Lipinski definition) is 6. The molecule has 0 radical (unpaired) electrons. The summed E-state index contributed by atoms with van der Waals surface area (Å²) in [6, 6.07) is 7.01. The van der Waals surface area contributed by atoms with Crippen LogP contribution >= 0.6 is 0 Å². The van der Waals surface area contributed by atoms with Gasteiger partial charge in [-0.05, 0) is 17.7 Å². The number of azide groups is 1. The summed E-state index contributed by atoms with van der Waals surface area (Å²) in [5.41, 5.74) is 9.48. The first-order chi connectivity index (χ1) is 12.2. The van der Waals surface area contributed by atoms with E-state index in [1.165, 1.54) is 0 Å². The molecule has 0 aliphatic rings. The fourth-order valence-electron chi connectivity index (χ4n) is 1.97. The Balaban J connectivity index is 2.17. The van der Waals surface area contributed by atoms with E-state index in [9.17, 15) is 4.79 Å². The summed E-state index contributed by atoms with van der Waals surface area (Å²) < 4.78 is 20.8. The molecule has 0 heterocycles. The number of ether oxygens (including phenoxy) is 4. The van der Waals surface area contributed by atoms with Crippen LogP contribution in [0.15, 0.2) is 29.4 Å². The molecule has 0 aliphatic heterocycles. The van der Waals surface area contributed by atoms with Gasteiger partial charge in [0.05, 0.1) is 26.4 Å². The zero-order valence-corrected chi connectivity index (χ0v) is 14.5. The Labute approximate surface area is 146 Å². The Hall–Kier alpha value is -2.16. The van der Waals surface area contributed by atoms with E-state index in [2.05, 4.69) is 15.3 Å². The van der Waals surface area contributed by atoms with Crippen LogP contribution in [0.25, 0.3) is 10.4 Å². The highest BCUT2D eigenvalue weighted by atomic mass is 16.7. The van der Waals surface area contributed by atoms with E-state index in [-0.39, 0.29) is 5.91 Å². The van der Waals surface area contributed by atoms with Crippen LogP contribution < -0.4 is 5.32 Å². The second kappa shape index (κ2) is 13.2. The number of carbonyl (C=O) groups excluding carboxylic acids is 1. The standard InChI is InChI=1S/C16H24N4O5/c1-22-16(23-2)14-5-3-13(4-6-14)15(21)18-7-9-24-11-12-25-10-8-19-20-17/h3-6,16H,7-12H2,1-2H3,(H,18,21). The molecule has 1 aromatic rings. The maximum absolute atomic E-state index is 12.0. The normalized spacial score (nSPS) is 10.5. The maximum Gasteiger partial charge on any atom is 0.251 e. The molecule has 1 N–H and O–H groups in total. The summed E-state index contributed by atoms with van der Waals surface area (Å²) in [6.45, 7) is 2.29. The molecule has 1 amide bonds. The molecule has 9 nitrogen and oxygen atoms in total. The highest BCUT2D eigenvalue weighted by Crippen LogP contribution is 2.17. The fraction of sp³-hybridized carbons (Fsp3) is 0.562. The topological polar surface area (TPSA) is 115 Å². The minimum absolute atomic E-state index is 0.174. The van der Waals surface area contributed by atoms with Crippen molar-refractivity contribution in [1.82, 2.24) is 5.32 Å². The molecule has 1 rings (SSSR count). The average molecular weight is 352 g/mol. The Morgan fingerprint density at radius 1 is 1.12 bits per heavy atom. The van der Waals surface area contributed by atoms with E-state index in [0.717, 1.165) is 5.56 Å². The molecular weight excluding hydrogens is 328 g/mol. The third kappa shape index (κ3) is 8.48. The zero-order valence-electron chi connectivity index (χ0n) is 14.5. The Bertz CT molecular complexity index is 542. The van der Waals surface area contributed by atoms with Crippen molar-refractivity contribution in [3.05, 3.63) is 45.8 Å². The largest absolute Gasteiger partial charge is 0.379 e. The van der Waals surface area contributed by atoms with Crippen LogP contribution in [0.4, 0.5) is 0 Å². The van der Waals surface area contributed by atoms with Crippen molar-refractivity contribution in [3.63, 3.8) is 0 Å². The summed E-state index contributed by atoms with van der Waals surface area (Å²) in [6.07, 6.45) is -0.445. The highest BCUT2D eigenvalue weighted by molar-refractivity contribution is 5.94. The fourth-order valence-corrected chi connectivity index (χ4v) is 1.97. The van der Waals surface area contributed by atoms with Crippen LogP contribution in [-0.4, -0.2) is 59.6 Å². The summed E-state index contributed by atoms with van der Waals surface area (Å²) in [5, 5.41) is 6.12. The van der Waals surface area contributed by atoms with E-state index < -0.39 is 6.29 Å². The minimum atomic E-state index is -0.445. The van der Waals surface area contributed by atoms with Crippen LogP contribution in [0, 0.1) is 0 Å². The average Bonchev–Trinajstić information content (AvgIpc) is 2.64. The number of benzene rings is 1. The van der Waals surface area contributed by atoms with E-state index in [1.54, 1.807) is 38.5 Å². The molecule has 0 aromatic heterocycles. The van der Waals surface area contributed by atoms with Crippen molar-refractivity contribution in [2.24, 2.45) is 5.11 Å². The van der Waals surface area contributed by atoms with Crippen molar-refractivity contribution >= 4 is 5.91 Å². The van der Waals surface area contributed by atoms with Crippen molar-refractivity contribution in [2.45, 2.75) is 6.29 Å². The molecule has 0 fully saturated rings. The Kier molecular flexibility index (Phi) is 11.0. The number of amides is 1. The monoisotopic (exact) mass is 352 g/mol. The third-order valence-electron chi connectivity index (χ3n) is 3.18. The lowest BCUT2D eigenvalue weighted by atomic mass is 10.1. The lowest BCUT2D eigenvalue weighted by Gasteiger charge is -2.14. The number of hydrogen-bond donors (Lipinski definition) is 1. The third-order valence-corrected chi connectivity index (χ3v) is 3.18. The molecule has 0 bridgehead atoms. The molecule has 25 heavy (non-hydrogen) atoms. The smallest absolute Gasteiger partial charge is 0.251 e. The molecule has 0 spiro atoms. The van der Waals surface area contributed by atoms with Gasteiger partial charge < -0.3 is 24.3 Å². The van der Waals surface area contributed by atoms with Gasteiger partial charge in [0.15, 0.2) is 6.29 Å². The molecule has 0 saturated heterocycles. The number of rotatable bonds is 13. The van der Waals surface area contributed by atoms with Crippen molar-refractivity contribution in [3.8, 4) is 0 Å². The first-order valence-electron chi connectivity index (χ1n) is 7.83. The van der Waals surface area contributed by atoms with E-state index >= 15 is 0 Å². The van der Waals surface area contributed by atoms with Gasteiger partial charge in [-0.1, -0.05) is 17.2 Å². The summed E-state index contributed by atoms with van der Waals surface area (Å²) in [5.74, 6) is -0.174. The predicted octanol–water partition coefficient (Wildman–Crippen LogP) is 2.05. The second-order valence-corrected chi connectivity index (χ2v) is 4.86. The van der Waals surface area contributed by atoms with Gasteiger partial charge in [0, 0.05) is 43.3 Å². The molecular formula is C16H24N4O5. The van der Waals surface area contributed by atoms with Gasteiger partial charge in [0.2, 0.25) is 0 Å². The van der Waals surface area contributed by atoms with E-state index in [4.69, 9.17) is 24.5 Å². The lowest BCUT2D eigenvalue weighted by Crippen LogP contribution is -2.27. The lowest BCUT2D eigenvalue weighted by molar-refractivity contribution is -0.106. The summed E-state index contributed by atoms with van der Waals surface area (Å²) in [4.78, 5) is 14.6. The maximum atomic E-state index is 12.0. The van der Waals surface area contributed by atoms with Crippen molar-refractivity contribution < 1.29 is 23.7 Å². The molecule has 0 saturated carbocycles. The predicted molar refractivity (Wildman–Crippen MR) is 91.2 cm³/mol. The van der Waals surface area contributed by atoms with Crippen LogP contribution in [0.1, 0.15) is 22.2 Å². The first-order valence-corrected chi connectivity index (χ1v) is 7.83. The van der Waals surface area contributed by atoms with Crippen LogP contribution in [0.5, 0.6) is 0 Å². The molecule has 1 aromatic carbocycles. The molecule has 0 unspecified atom stereocenters. The van der Waals surface area contributed by atoms with E-state index in [1.807, 2.05) is 0 Å². The Morgan fingerprint density at radius 3 is 2.36 bits per heavy atom. The van der Waals surface area contributed by atoms with Gasteiger partial charge in [0.1, 0.15) is 0 Å². The molecule has 9 heteroatoms. The number of nitrogens with one attached hydrogen (secondary N) is 1. The zero-order chi connectivity index (χ0) is 18.3. The van der Waals surface area contributed by atoms with Crippen molar-refractivity contribution in [1.29, 1.82) is 0 Å². The van der Waals surface area contributed by atoms with Gasteiger partial charge in [-0.2, -0.15) is 0 Å². The quantitative estimate of drug-likeness (QED) is 0.192. The molecule has 0 aliphatic carbocycles. The molecule has 138 valence electrons. The van der Waals surface area contributed by atoms with Crippen LogP contribution in [-0.2, 0) is 18.9 Å². The van der Waals surface area contributed by atoms with Gasteiger partial charge in [-0.3, -0.25) is 4.79 Å². The molecule has 0 atom stereocenters. The highest BCUT2D eigenvalue weighted by Gasteiger charge is 2.10. The minimum Gasteiger partial charge on any atom is -0.379 e. The van der Waals surface area contributed by atoms with Gasteiger partial charge in [-0.25, -0.2) is 0 Å². The SMILES string of the molecule is COC(OC)c1ccc(C(=O)NCCOCCOCCN=[N+]=[N-])cc1. The number of nitrogens with zero attached hydrogens (tertiary/aromatic N) is 3. The Morgan fingerprint density at radius 2 is 1.76 bits per heavy atom.